The van der Waals surface area contributed by atoms with Gasteiger partial charge in [0.05, 0.1) is 19.0 Å². The van der Waals surface area contributed by atoms with Gasteiger partial charge in [0.25, 0.3) is 5.91 Å². The van der Waals surface area contributed by atoms with Gasteiger partial charge in [-0.25, -0.2) is 0 Å². The van der Waals surface area contributed by atoms with E-state index in [2.05, 4.69) is 15.6 Å². The number of aryl methyl sites for hydroxylation is 1. The minimum Gasteiger partial charge on any atom is -0.497 e. The molecule has 2 aromatic rings. The molecule has 0 aliphatic rings. The quantitative estimate of drug-likeness (QED) is 0.630. The molecule has 1 aromatic carbocycles. The van der Waals surface area contributed by atoms with Crippen molar-refractivity contribution in [2.24, 2.45) is 0 Å². The molecule has 0 bridgehead atoms. The molecular formula is C18H18N4O2. The molecule has 0 atom stereocenters. The first-order chi connectivity index (χ1) is 11.6. The number of nitriles is 1. The summed E-state index contributed by atoms with van der Waals surface area (Å²) in [7, 11) is 1.59. The molecule has 122 valence electrons. The average Bonchev–Trinajstić information content (AvgIpc) is 2.62. The minimum absolute atomic E-state index is 0.0101. The number of methoxy groups -OCH3 is 1. The van der Waals surface area contributed by atoms with Gasteiger partial charge in [0.15, 0.2) is 0 Å². The molecule has 2 rings (SSSR count). The van der Waals surface area contributed by atoms with Crippen LogP contribution in [0, 0.1) is 18.3 Å². The van der Waals surface area contributed by atoms with Crippen LogP contribution in [0.4, 0.5) is 5.69 Å². The summed E-state index contributed by atoms with van der Waals surface area (Å²) in [4.78, 5) is 16.2. The van der Waals surface area contributed by atoms with Crippen molar-refractivity contribution in [2.75, 3.05) is 12.4 Å². The van der Waals surface area contributed by atoms with Crippen molar-refractivity contribution in [3.8, 4) is 11.8 Å². The van der Waals surface area contributed by atoms with E-state index in [0.29, 0.717) is 12.2 Å². The van der Waals surface area contributed by atoms with Crippen LogP contribution in [0.1, 0.15) is 11.3 Å². The van der Waals surface area contributed by atoms with Crippen LogP contribution in [0.15, 0.2) is 54.4 Å². The Balaban J connectivity index is 1.93. The molecule has 2 N–H and O–H groups in total. The highest BCUT2D eigenvalue weighted by Crippen LogP contribution is 2.11. The van der Waals surface area contributed by atoms with Gasteiger partial charge in [-0.2, -0.15) is 5.26 Å². The SMILES string of the molecule is COc1ccc(CNC(=O)/C(C#N)=C\Nc2ccc(C)nc2)cc1. The van der Waals surface area contributed by atoms with E-state index in [4.69, 9.17) is 10.00 Å². The zero-order valence-electron chi connectivity index (χ0n) is 13.5. The van der Waals surface area contributed by atoms with Crippen molar-refractivity contribution in [1.82, 2.24) is 10.3 Å². The highest BCUT2D eigenvalue weighted by molar-refractivity contribution is 5.97. The number of nitrogens with one attached hydrogen (secondary N) is 2. The van der Waals surface area contributed by atoms with Crippen LogP contribution < -0.4 is 15.4 Å². The van der Waals surface area contributed by atoms with Crippen LogP contribution in [0.5, 0.6) is 5.75 Å². The van der Waals surface area contributed by atoms with Crippen molar-refractivity contribution in [3.63, 3.8) is 0 Å². The van der Waals surface area contributed by atoms with Gasteiger partial charge < -0.3 is 15.4 Å². The maximum Gasteiger partial charge on any atom is 0.263 e. The van der Waals surface area contributed by atoms with Crippen molar-refractivity contribution in [2.45, 2.75) is 13.5 Å². The Morgan fingerprint density at radius 2 is 2.04 bits per heavy atom. The Hall–Kier alpha value is -3.33. The first-order valence-corrected chi connectivity index (χ1v) is 7.33. The van der Waals surface area contributed by atoms with Crippen LogP contribution in [0.25, 0.3) is 0 Å². The molecular weight excluding hydrogens is 304 g/mol. The number of pyridine rings is 1. The number of anilines is 1. The monoisotopic (exact) mass is 322 g/mol. The summed E-state index contributed by atoms with van der Waals surface area (Å²) in [5, 5.41) is 14.7. The lowest BCUT2D eigenvalue weighted by molar-refractivity contribution is -0.117. The number of aromatic nitrogens is 1. The Morgan fingerprint density at radius 3 is 2.62 bits per heavy atom. The summed E-state index contributed by atoms with van der Waals surface area (Å²) in [5.74, 6) is 0.305. The van der Waals surface area contributed by atoms with E-state index in [1.165, 1.54) is 6.20 Å². The van der Waals surface area contributed by atoms with E-state index in [9.17, 15) is 4.79 Å². The molecule has 0 saturated heterocycles. The predicted molar refractivity (Wildman–Crippen MR) is 91.1 cm³/mol. The second-order valence-corrected chi connectivity index (χ2v) is 5.03. The van der Waals surface area contributed by atoms with Crippen molar-refractivity contribution >= 4 is 11.6 Å². The van der Waals surface area contributed by atoms with Crippen LogP contribution in [0.3, 0.4) is 0 Å². The van der Waals surface area contributed by atoms with E-state index in [0.717, 1.165) is 17.0 Å². The Labute approximate surface area is 140 Å². The second-order valence-electron chi connectivity index (χ2n) is 5.03. The molecule has 1 amide bonds. The van der Waals surface area contributed by atoms with Gasteiger partial charge in [-0.15, -0.1) is 0 Å². The number of hydrogen-bond donors (Lipinski definition) is 2. The molecule has 0 saturated carbocycles. The average molecular weight is 322 g/mol. The number of carbonyl (C=O) groups excluding carboxylic acids is 1. The molecule has 24 heavy (non-hydrogen) atoms. The first kappa shape index (κ1) is 17.0. The zero-order valence-corrected chi connectivity index (χ0v) is 13.5. The van der Waals surface area contributed by atoms with Crippen LogP contribution in [0.2, 0.25) is 0 Å². The van der Waals surface area contributed by atoms with Gasteiger partial charge >= 0.3 is 0 Å². The predicted octanol–water partition coefficient (Wildman–Crippen LogP) is 2.53. The van der Waals surface area contributed by atoms with Crippen molar-refractivity contribution < 1.29 is 9.53 Å². The second kappa shape index (κ2) is 8.34. The fraction of sp³-hybridized carbons (Fsp3) is 0.167. The van der Waals surface area contributed by atoms with Gasteiger partial charge in [-0.3, -0.25) is 9.78 Å². The minimum atomic E-state index is -0.444. The molecule has 6 nitrogen and oxygen atoms in total. The van der Waals surface area contributed by atoms with Crippen LogP contribution in [-0.4, -0.2) is 18.0 Å². The number of amides is 1. The fourth-order valence-corrected chi connectivity index (χ4v) is 1.88. The first-order valence-electron chi connectivity index (χ1n) is 7.33. The fourth-order valence-electron chi connectivity index (χ4n) is 1.88. The van der Waals surface area contributed by atoms with E-state index < -0.39 is 5.91 Å². The Morgan fingerprint density at radius 1 is 1.29 bits per heavy atom. The highest BCUT2D eigenvalue weighted by Gasteiger charge is 2.08. The van der Waals surface area contributed by atoms with Crippen molar-refractivity contribution in [3.05, 3.63) is 65.6 Å². The number of carbonyl (C=O) groups is 1. The molecule has 0 aliphatic heterocycles. The Bertz CT molecular complexity index is 759. The third-order valence-corrected chi connectivity index (χ3v) is 3.27. The number of ether oxygens (including phenoxy) is 1. The van der Waals surface area contributed by atoms with Crippen LogP contribution in [-0.2, 0) is 11.3 Å². The largest absolute Gasteiger partial charge is 0.497 e. The third-order valence-electron chi connectivity index (χ3n) is 3.27. The van der Waals surface area contributed by atoms with Gasteiger partial charge in [-0.1, -0.05) is 12.1 Å². The Kier molecular flexibility index (Phi) is 5.92. The van der Waals surface area contributed by atoms with Gasteiger partial charge in [0.1, 0.15) is 17.4 Å². The zero-order chi connectivity index (χ0) is 17.4. The van der Waals surface area contributed by atoms with Gasteiger partial charge in [-0.05, 0) is 36.8 Å². The molecule has 0 unspecified atom stereocenters. The van der Waals surface area contributed by atoms with E-state index in [1.807, 2.05) is 49.4 Å². The molecule has 0 radical (unpaired) electrons. The normalized spacial score (nSPS) is 10.6. The third kappa shape index (κ3) is 4.85. The summed E-state index contributed by atoms with van der Waals surface area (Å²) in [5.41, 5.74) is 2.50. The summed E-state index contributed by atoms with van der Waals surface area (Å²) in [6.07, 6.45) is 3.01. The summed E-state index contributed by atoms with van der Waals surface area (Å²) in [6.45, 7) is 2.21. The maximum absolute atomic E-state index is 12.1. The number of nitrogens with zero attached hydrogens (tertiary/aromatic N) is 2. The number of benzene rings is 1. The number of hydrogen-bond acceptors (Lipinski definition) is 5. The van der Waals surface area contributed by atoms with E-state index >= 15 is 0 Å². The molecule has 6 heteroatoms. The summed E-state index contributed by atoms with van der Waals surface area (Å²) >= 11 is 0. The maximum atomic E-state index is 12.1. The molecule has 0 spiro atoms. The van der Waals surface area contributed by atoms with Crippen LogP contribution >= 0.6 is 0 Å². The van der Waals surface area contributed by atoms with Gasteiger partial charge in [0, 0.05) is 18.4 Å². The highest BCUT2D eigenvalue weighted by atomic mass is 16.5. The smallest absolute Gasteiger partial charge is 0.263 e. The van der Waals surface area contributed by atoms with Gasteiger partial charge in [0.2, 0.25) is 0 Å². The molecule has 1 aromatic heterocycles. The topological polar surface area (TPSA) is 87.0 Å². The molecule has 0 aliphatic carbocycles. The lowest BCUT2D eigenvalue weighted by Crippen LogP contribution is -2.24. The van der Waals surface area contributed by atoms with E-state index in [1.54, 1.807) is 13.3 Å². The standard InChI is InChI=1S/C18H18N4O2/c1-13-3-6-16(12-20-13)21-11-15(9-19)18(23)22-10-14-4-7-17(24-2)8-5-14/h3-8,11-12,21H,10H2,1-2H3,(H,22,23)/b15-11-. The summed E-state index contributed by atoms with van der Waals surface area (Å²) in [6, 6.07) is 12.9. The lowest BCUT2D eigenvalue weighted by atomic mass is 10.2. The molecule has 0 fully saturated rings. The van der Waals surface area contributed by atoms with E-state index in [-0.39, 0.29) is 5.57 Å². The molecule has 1 heterocycles. The lowest BCUT2D eigenvalue weighted by Gasteiger charge is -2.06. The number of rotatable bonds is 6. The van der Waals surface area contributed by atoms with Crippen molar-refractivity contribution in [1.29, 1.82) is 5.26 Å². The summed E-state index contributed by atoms with van der Waals surface area (Å²) < 4.78 is 5.08.